The summed E-state index contributed by atoms with van der Waals surface area (Å²) in [6.45, 7) is 2.34. The number of pyridine rings is 1. The maximum absolute atomic E-state index is 5.73. The van der Waals surface area contributed by atoms with Crippen LogP contribution in [0.25, 0.3) is 0 Å². The van der Waals surface area contributed by atoms with E-state index in [0.29, 0.717) is 5.92 Å². The molecule has 1 saturated carbocycles. The Morgan fingerprint density at radius 1 is 1.35 bits per heavy atom. The fourth-order valence-corrected chi connectivity index (χ4v) is 3.10. The molecule has 1 atom stereocenters. The Balaban J connectivity index is 2.10. The third kappa shape index (κ3) is 3.27. The zero-order chi connectivity index (χ0) is 12.3. The number of aromatic nitrogens is 1. The minimum atomic E-state index is 0.229. The van der Waals surface area contributed by atoms with Gasteiger partial charge in [0.15, 0.2) is 0 Å². The Kier molecular flexibility index (Phi) is 4.54. The van der Waals surface area contributed by atoms with E-state index in [1.54, 1.807) is 6.20 Å². The second kappa shape index (κ2) is 5.94. The molecule has 4 heteroatoms. The Labute approximate surface area is 111 Å². The van der Waals surface area contributed by atoms with E-state index in [1.807, 2.05) is 6.20 Å². The largest absolute Gasteiger partial charge is 0.271 e. The molecule has 1 aliphatic carbocycles. The van der Waals surface area contributed by atoms with Crippen LogP contribution >= 0.6 is 15.9 Å². The Bertz CT molecular complexity index is 361. The molecule has 0 spiro atoms. The van der Waals surface area contributed by atoms with Gasteiger partial charge in [-0.3, -0.25) is 16.3 Å². The van der Waals surface area contributed by atoms with Gasteiger partial charge in [0.1, 0.15) is 0 Å². The van der Waals surface area contributed by atoms with E-state index in [1.165, 1.54) is 31.2 Å². The van der Waals surface area contributed by atoms with Crippen LogP contribution in [0, 0.1) is 11.8 Å². The molecule has 2 rings (SSSR count). The molecule has 17 heavy (non-hydrogen) atoms. The van der Waals surface area contributed by atoms with Gasteiger partial charge in [-0.1, -0.05) is 19.8 Å². The van der Waals surface area contributed by atoms with Crippen molar-refractivity contribution < 1.29 is 0 Å². The maximum atomic E-state index is 5.73. The van der Waals surface area contributed by atoms with Crippen molar-refractivity contribution in [1.82, 2.24) is 10.4 Å². The summed E-state index contributed by atoms with van der Waals surface area (Å²) in [5, 5.41) is 0. The lowest BCUT2D eigenvalue weighted by atomic mass is 9.78. The van der Waals surface area contributed by atoms with Crippen molar-refractivity contribution in [3.63, 3.8) is 0 Å². The summed E-state index contributed by atoms with van der Waals surface area (Å²) in [5.41, 5.74) is 4.15. The molecule has 0 bridgehead atoms. The number of rotatable bonds is 3. The lowest BCUT2D eigenvalue weighted by Crippen LogP contribution is -2.35. The van der Waals surface area contributed by atoms with Crippen LogP contribution in [0.5, 0.6) is 0 Å². The zero-order valence-electron chi connectivity index (χ0n) is 10.2. The van der Waals surface area contributed by atoms with Gasteiger partial charge in [0, 0.05) is 16.9 Å². The lowest BCUT2D eigenvalue weighted by Gasteiger charge is -2.32. The number of nitrogens with zero attached hydrogens (tertiary/aromatic N) is 1. The number of hydrogen-bond donors (Lipinski definition) is 2. The fraction of sp³-hybridized carbons (Fsp3) is 0.615. The van der Waals surface area contributed by atoms with Crippen LogP contribution in [-0.2, 0) is 0 Å². The molecule has 1 aromatic rings. The van der Waals surface area contributed by atoms with Gasteiger partial charge in [-0.15, -0.1) is 0 Å². The zero-order valence-corrected chi connectivity index (χ0v) is 11.8. The molecule has 0 aromatic carbocycles. The predicted molar refractivity (Wildman–Crippen MR) is 73.1 cm³/mol. The van der Waals surface area contributed by atoms with Crippen molar-refractivity contribution in [2.24, 2.45) is 17.7 Å². The number of nitrogens with two attached hydrogens (primary N) is 1. The van der Waals surface area contributed by atoms with Crippen molar-refractivity contribution in [3.8, 4) is 0 Å². The first-order valence-corrected chi connectivity index (χ1v) is 7.06. The van der Waals surface area contributed by atoms with Crippen molar-refractivity contribution in [2.45, 2.75) is 38.6 Å². The Morgan fingerprint density at radius 2 is 2.06 bits per heavy atom. The average molecular weight is 298 g/mol. The molecule has 0 radical (unpaired) electrons. The van der Waals surface area contributed by atoms with Crippen LogP contribution in [0.1, 0.15) is 44.2 Å². The highest BCUT2D eigenvalue weighted by atomic mass is 79.9. The van der Waals surface area contributed by atoms with Gasteiger partial charge >= 0.3 is 0 Å². The first-order chi connectivity index (χ1) is 8.20. The summed E-state index contributed by atoms with van der Waals surface area (Å²) in [7, 11) is 0. The van der Waals surface area contributed by atoms with E-state index in [2.05, 4.69) is 39.3 Å². The Hall–Kier alpha value is -0.450. The predicted octanol–water partition coefficient (Wildman–Crippen LogP) is 3.17. The molecule has 0 saturated heterocycles. The summed E-state index contributed by atoms with van der Waals surface area (Å²) in [6.07, 6.45) is 8.84. The molecule has 94 valence electrons. The van der Waals surface area contributed by atoms with Crippen molar-refractivity contribution in [3.05, 3.63) is 28.5 Å². The molecule has 1 aromatic heterocycles. The molecule has 1 heterocycles. The van der Waals surface area contributed by atoms with E-state index in [-0.39, 0.29) is 6.04 Å². The molecule has 1 fully saturated rings. The van der Waals surface area contributed by atoms with E-state index in [4.69, 9.17) is 5.84 Å². The van der Waals surface area contributed by atoms with E-state index in [0.717, 1.165) is 10.4 Å². The molecule has 1 aliphatic rings. The molecule has 3 N–H and O–H groups in total. The van der Waals surface area contributed by atoms with Crippen LogP contribution < -0.4 is 11.3 Å². The SMILES string of the molecule is CC1CCC(C(NN)c2cncc(Br)c2)CC1. The summed E-state index contributed by atoms with van der Waals surface area (Å²) in [5.74, 6) is 7.23. The number of hydrazine groups is 1. The summed E-state index contributed by atoms with van der Waals surface area (Å²) < 4.78 is 1.01. The minimum absolute atomic E-state index is 0.229. The molecule has 0 aliphatic heterocycles. The molecule has 1 unspecified atom stereocenters. The number of nitrogens with one attached hydrogen (secondary N) is 1. The molecular formula is C13H20BrN3. The van der Waals surface area contributed by atoms with E-state index in [9.17, 15) is 0 Å². The second-order valence-corrected chi connectivity index (χ2v) is 6.02. The molecule has 0 amide bonds. The highest BCUT2D eigenvalue weighted by Gasteiger charge is 2.26. The number of halogens is 1. The summed E-state index contributed by atoms with van der Waals surface area (Å²) in [6, 6.07) is 2.34. The molecule has 3 nitrogen and oxygen atoms in total. The van der Waals surface area contributed by atoms with Crippen LogP contribution in [0.2, 0.25) is 0 Å². The first-order valence-electron chi connectivity index (χ1n) is 6.27. The summed E-state index contributed by atoms with van der Waals surface area (Å²) >= 11 is 3.46. The first kappa shape index (κ1) is 13.0. The number of hydrogen-bond acceptors (Lipinski definition) is 3. The van der Waals surface area contributed by atoms with Crippen LogP contribution in [0.3, 0.4) is 0 Å². The Morgan fingerprint density at radius 3 is 2.65 bits per heavy atom. The smallest absolute Gasteiger partial charge is 0.0503 e. The normalized spacial score (nSPS) is 26.8. The van der Waals surface area contributed by atoms with E-state index < -0.39 is 0 Å². The highest BCUT2D eigenvalue weighted by molar-refractivity contribution is 9.10. The average Bonchev–Trinajstić information content (AvgIpc) is 2.33. The third-order valence-electron chi connectivity index (χ3n) is 3.80. The minimum Gasteiger partial charge on any atom is -0.271 e. The van der Waals surface area contributed by atoms with Gasteiger partial charge in [-0.2, -0.15) is 0 Å². The van der Waals surface area contributed by atoms with Gasteiger partial charge in [-0.25, -0.2) is 0 Å². The van der Waals surface area contributed by atoms with Gasteiger partial charge in [0.05, 0.1) is 6.04 Å². The van der Waals surface area contributed by atoms with Gasteiger partial charge < -0.3 is 0 Å². The lowest BCUT2D eigenvalue weighted by molar-refractivity contribution is 0.232. The van der Waals surface area contributed by atoms with Crippen molar-refractivity contribution in [1.29, 1.82) is 0 Å². The second-order valence-electron chi connectivity index (χ2n) is 5.10. The highest BCUT2D eigenvalue weighted by Crippen LogP contribution is 2.36. The van der Waals surface area contributed by atoms with Crippen LogP contribution in [-0.4, -0.2) is 4.98 Å². The monoisotopic (exact) mass is 297 g/mol. The van der Waals surface area contributed by atoms with Crippen molar-refractivity contribution in [2.75, 3.05) is 0 Å². The van der Waals surface area contributed by atoms with Gasteiger partial charge in [-0.05, 0) is 52.2 Å². The maximum Gasteiger partial charge on any atom is 0.0503 e. The van der Waals surface area contributed by atoms with Gasteiger partial charge in [0.2, 0.25) is 0 Å². The fourth-order valence-electron chi connectivity index (χ4n) is 2.72. The van der Waals surface area contributed by atoms with Crippen molar-refractivity contribution >= 4 is 15.9 Å². The molecular weight excluding hydrogens is 278 g/mol. The summed E-state index contributed by atoms with van der Waals surface area (Å²) in [4.78, 5) is 4.22. The van der Waals surface area contributed by atoms with Crippen LogP contribution in [0.15, 0.2) is 22.9 Å². The van der Waals surface area contributed by atoms with Gasteiger partial charge in [0.25, 0.3) is 0 Å². The third-order valence-corrected chi connectivity index (χ3v) is 4.23. The topological polar surface area (TPSA) is 50.9 Å². The quantitative estimate of drug-likeness (QED) is 0.665. The van der Waals surface area contributed by atoms with Crippen LogP contribution in [0.4, 0.5) is 0 Å². The van der Waals surface area contributed by atoms with E-state index >= 15 is 0 Å². The standard InChI is InChI=1S/C13H20BrN3/c1-9-2-4-10(5-3-9)13(17-15)11-6-12(14)8-16-7-11/h6-10,13,17H,2-5,15H2,1H3.